The molecular formula is C12H8FN3S2. The van der Waals surface area contributed by atoms with Crippen LogP contribution in [-0.4, -0.2) is 21.2 Å². The normalized spacial score (nSPS) is 11.0. The van der Waals surface area contributed by atoms with Crippen molar-refractivity contribution in [3.63, 3.8) is 0 Å². The van der Waals surface area contributed by atoms with E-state index < -0.39 is 0 Å². The minimum atomic E-state index is -0.246. The lowest BCUT2D eigenvalue weighted by Gasteiger charge is -1.94. The first kappa shape index (κ1) is 11.6. The van der Waals surface area contributed by atoms with Crippen LogP contribution in [0, 0.1) is 5.82 Å². The molecule has 0 spiro atoms. The molecule has 0 saturated heterocycles. The van der Waals surface area contributed by atoms with E-state index in [1.807, 2.05) is 6.26 Å². The number of aromatic nitrogens is 3. The molecule has 0 radical (unpaired) electrons. The van der Waals surface area contributed by atoms with Crippen LogP contribution in [0.25, 0.3) is 20.9 Å². The molecule has 18 heavy (non-hydrogen) atoms. The summed E-state index contributed by atoms with van der Waals surface area (Å²) in [5.74, 6) is -0.246. The first-order valence-electron chi connectivity index (χ1n) is 5.19. The maximum Gasteiger partial charge on any atom is 0.148 e. The van der Waals surface area contributed by atoms with Crippen molar-refractivity contribution in [2.75, 3.05) is 6.26 Å². The monoisotopic (exact) mass is 277 g/mol. The molecule has 0 fully saturated rings. The Bertz CT molecular complexity index is 694. The lowest BCUT2D eigenvalue weighted by atomic mass is 10.2. The summed E-state index contributed by atoms with van der Waals surface area (Å²) in [5.41, 5.74) is 1.71. The molecule has 6 heteroatoms. The smallest absolute Gasteiger partial charge is 0.148 e. The molecule has 1 aromatic carbocycles. The number of thioether (sulfide) groups is 1. The van der Waals surface area contributed by atoms with Gasteiger partial charge in [-0.2, -0.15) is 0 Å². The summed E-state index contributed by atoms with van der Waals surface area (Å²) in [5, 5.41) is 1.70. The van der Waals surface area contributed by atoms with E-state index in [0.29, 0.717) is 0 Å². The largest absolute Gasteiger partial charge is 0.231 e. The molecule has 0 aliphatic carbocycles. The fourth-order valence-corrected chi connectivity index (χ4v) is 3.06. The average molecular weight is 277 g/mol. The maximum atomic E-state index is 12.9. The molecule has 2 heterocycles. The molecule has 0 aliphatic rings. The molecule has 0 saturated carbocycles. The minimum Gasteiger partial charge on any atom is -0.231 e. The molecule has 0 bridgehead atoms. The maximum absolute atomic E-state index is 12.9. The first-order chi connectivity index (χ1) is 8.78. The molecule has 3 nitrogen and oxygen atoms in total. The zero-order chi connectivity index (χ0) is 12.5. The van der Waals surface area contributed by atoms with Gasteiger partial charge in [-0.1, -0.05) is 11.3 Å². The van der Waals surface area contributed by atoms with Crippen LogP contribution >= 0.6 is 23.1 Å². The molecule has 3 aromatic rings. The number of hydrogen-bond donors (Lipinski definition) is 0. The van der Waals surface area contributed by atoms with E-state index in [1.54, 1.807) is 30.2 Å². The minimum absolute atomic E-state index is 0.246. The fourth-order valence-electron chi connectivity index (χ4n) is 1.60. The topological polar surface area (TPSA) is 38.7 Å². The molecule has 0 N–H and O–H groups in total. The van der Waals surface area contributed by atoms with E-state index in [0.717, 1.165) is 25.9 Å². The van der Waals surface area contributed by atoms with Crippen LogP contribution in [-0.2, 0) is 0 Å². The van der Waals surface area contributed by atoms with Gasteiger partial charge in [0.05, 0.1) is 0 Å². The van der Waals surface area contributed by atoms with Crippen molar-refractivity contribution in [2.45, 2.75) is 5.03 Å². The van der Waals surface area contributed by atoms with Crippen LogP contribution in [0.4, 0.5) is 4.39 Å². The Kier molecular flexibility index (Phi) is 2.97. The van der Waals surface area contributed by atoms with Crippen molar-refractivity contribution >= 4 is 33.4 Å². The van der Waals surface area contributed by atoms with Gasteiger partial charge >= 0.3 is 0 Å². The molecular weight excluding hydrogens is 269 g/mol. The predicted octanol–water partition coefficient (Wildman–Crippen LogP) is 3.61. The lowest BCUT2D eigenvalue weighted by Crippen LogP contribution is -1.83. The van der Waals surface area contributed by atoms with Gasteiger partial charge in [0.2, 0.25) is 0 Å². The molecule has 0 atom stereocenters. The second kappa shape index (κ2) is 4.62. The number of hydrogen-bond acceptors (Lipinski definition) is 5. The first-order valence-corrected chi connectivity index (χ1v) is 7.23. The summed E-state index contributed by atoms with van der Waals surface area (Å²) in [7, 11) is 0. The summed E-state index contributed by atoms with van der Waals surface area (Å²) < 4.78 is 12.9. The van der Waals surface area contributed by atoms with Gasteiger partial charge in [-0.25, -0.2) is 19.3 Å². The highest BCUT2D eigenvalue weighted by atomic mass is 32.2. The lowest BCUT2D eigenvalue weighted by molar-refractivity contribution is 0.628. The third-order valence-corrected chi connectivity index (χ3v) is 4.14. The number of rotatable bonds is 2. The standard InChI is InChI=1S/C12H8FN3S2/c1-17-11-9-12(15-6-14-11)18-10(16-9)7-2-4-8(13)5-3-7/h2-6H,1H3. The van der Waals surface area contributed by atoms with Gasteiger partial charge in [-0.3, -0.25) is 0 Å². The number of benzene rings is 1. The predicted molar refractivity (Wildman–Crippen MR) is 72.4 cm³/mol. The Morgan fingerprint density at radius 1 is 1.17 bits per heavy atom. The zero-order valence-electron chi connectivity index (χ0n) is 9.42. The van der Waals surface area contributed by atoms with E-state index in [2.05, 4.69) is 15.0 Å². The molecule has 0 aliphatic heterocycles. The molecule has 0 amide bonds. The van der Waals surface area contributed by atoms with Gasteiger partial charge in [-0.05, 0) is 30.5 Å². The number of halogens is 1. The van der Waals surface area contributed by atoms with Crippen molar-refractivity contribution in [3.05, 3.63) is 36.4 Å². The SMILES string of the molecule is CSc1ncnc2sc(-c3ccc(F)cc3)nc12. The van der Waals surface area contributed by atoms with Crippen LogP contribution in [0.1, 0.15) is 0 Å². The molecule has 2 aromatic heterocycles. The van der Waals surface area contributed by atoms with E-state index in [-0.39, 0.29) is 5.82 Å². The van der Waals surface area contributed by atoms with E-state index in [4.69, 9.17) is 0 Å². The second-order valence-electron chi connectivity index (χ2n) is 3.56. The van der Waals surface area contributed by atoms with Crippen molar-refractivity contribution < 1.29 is 4.39 Å². The molecule has 0 unspecified atom stereocenters. The zero-order valence-corrected chi connectivity index (χ0v) is 11.1. The quantitative estimate of drug-likeness (QED) is 0.530. The Morgan fingerprint density at radius 2 is 1.94 bits per heavy atom. The van der Waals surface area contributed by atoms with Crippen LogP contribution in [0.2, 0.25) is 0 Å². The van der Waals surface area contributed by atoms with Gasteiger partial charge in [0.15, 0.2) is 0 Å². The average Bonchev–Trinajstić information content (AvgIpc) is 2.83. The van der Waals surface area contributed by atoms with Crippen LogP contribution < -0.4 is 0 Å². The van der Waals surface area contributed by atoms with Gasteiger partial charge < -0.3 is 0 Å². The van der Waals surface area contributed by atoms with E-state index in [1.165, 1.54) is 23.5 Å². The summed E-state index contributed by atoms with van der Waals surface area (Å²) in [6.07, 6.45) is 3.50. The van der Waals surface area contributed by atoms with Crippen LogP contribution in [0.15, 0.2) is 35.6 Å². The van der Waals surface area contributed by atoms with E-state index in [9.17, 15) is 4.39 Å². The van der Waals surface area contributed by atoms with E-state index >= 15 is 0 Å². The Labute approximate surface area is 111 Å². The Balaban J connectivity index is 2.16. The van der Waals surface area contributed by atoms with Gasteiger partial charge in [0.1, 0.15) is 32.5 Å². The number of nitrogens with zero attached hydrogens (tertiary/aromatic N) is 3. The number of fused-ring (bicyclic) bond motifs is 1. The molecule has 3 rings (SSSR count). The summed E-state index contributed by atoms with van der Waals surface area (Å²) in [6, 6.07) is 6.31. The van der Waals surface area contributed by atoms with Crippen molar-refractivity contribution in [1.82, 2.24) is 15.0 Å². The third kappa shape index (κ3) is 1.97. The summed E-state index contributed by atoms with van der Waals surface area (Å²) >= 11 is 3.03. The highest BCUT2D eigenvalue weighted by Gasteiger charge is 2.11. The van der Waals surface area contributed by atoms with Crippen molar-refractivity contribution in [3.8, 4) is 10.6 Å². The third-order valence-electron chi connectivity index (χ3n) is 2.45. The van der Waals surface area contributed by atoms with Crippen molar-refractivity contribution in [2.24, 2.45) is 0 Å². The van der Waals surface area contributed by atoms with Gasteiger partial charge in [0.25, 0.3) is 0 Å². The summed E-state index contributed by atoms with van der Waals surface area (Å²) in [4.78, 5) is 13.8. The highest BCUT2D eigenvalue weighted by molar-refractivity contribution is 7.98. The number of thiazole rings is 1. The fraction of sp³-hybridized carbons (Fsp3) is 0.0833. The highest BCUT2D eigenvalue weighted by Crippen LogP contribution is 2.32. The molecule has 90 valence electrons. The second-order valence-corrected chi connectivity index (χ2v) is 5.34. The Hall–Kier alpha value is -1.53. The van der Waals surface area contributed by atoms with Gasteiger partial charge in [-0.15, -0.1) is 11.8 Å². The summed E-state index contributed by atoms with van der Waals surface area (Å²) in [6.45, 7) is 0. The van der Waals surface area contributed by atoms with Crippen LogP contribution in [0.3, 0.4) is 0 Å². The van der Waals surface area contributed by atoms with Crippen LogP contribution in [0.5, 0.6) is 0 Å². The Morgan fingerprint density at radius 3 is 2.67 bits per heavy atom. The van der Waals surface area contributed by atoms with Crippen molar-refractivity contribution in [1.29, 1.82) is 0 Å². The van der Waals surface area contributed by atoms with Gasteiger partial charge in [0, 0.05) is 5.56 Å².